The maximum Gasteiger partial charge on any atom is 0.151 e. The Morgan fingerprint density at radius 3 is 1.88 bits per heavy atom. The first-order valence-corrected chi connectivity index (χ1v) is 2.24. The minimum atomic E-state index is -1.26. The van der Waals surface area contributed by atoms with Gasteiger partial charge in [-0.15, -0.1) is 0 Å². The van der Waals surface area contributed by atoms with Gasteiger partial charge in [0, 0.05) is 57.1 Å². The molecule has 0 bridgehead atoms. The molecule has 0 aliphatic heterocycles. The Morgan fingerprint density at radius 2 is 1.75 bits per heavy atom. The van der Waals surface area contributed by atoms with Gasteiger partial charge in [-0.1, -0.05) is 0 Å². The van der Waals surface area contributed by atoms with Gasteiger partial charge < -0.3 is 15.3 Å². The first kappa shape index (κ1) is 12.0. The standard InChI is InChI=1S/C4H10O3.Ac/c5-3-1-2-4(6)7;/h4-7H,1-3H2;. The fraction of sp³-hybridized carbons (Fsp3) is 1.00. The molecular formula is C4H10AcO3. The molecule has 0 amide bonds. The topological polar surface area (TPSA) is 60.7 Å². The maximum atomic E-state index is 8.13. The van der Waals surface area contributed by atoms with Crippen LogP contribution in [-0.2, 0) is 0 Å². The van der Waals surface area contributed by atoms with Gasteiger partial charge in [-0.3, -0.25) is 0 Å². The summed E-state index contributed by atoms with van der Waals surface area (Å²) in [7, 11) is 0. The zero-order valence-electron chi connectivity index (χ0n) is 4.62. The van der Waals surface area contributed by atoms with Gasteiger partial charge in [0.15, 0.2) is 6.29 Å². The van der Waals surface area contributed by atoms with Crippen molar-refractivity contribution in [3.8, 4) is 0 Å². The molecule has 1 radical (unpaired) electrons. The van der Waals surface area contributed by atoms with Gasteiger partial charge in [0.25, 0.3) is 0 Å². The average molecular weight is 333 g/mol. The van der Waals surface area contributed by atoms with Crippen LogP contribution in [0.25, 0.3) is 0 Å². The van der Waals surface area contributed by atoms with Crippen LogP contribution in [0.3, 0.4) is 0 Å². The van der Waals surface area contributed by atoms with Crippen LogP contribution in [0.2, 0.25) is 0 Å². The molecule has 0 unspecified atom stereocenters. The zero-order valence-corrected chi connectivity index (χ0v) is 9.36. The van der Waals surface area contributed by atoms with E-state index in [-0.39, 0.29) is 57.1 Å². The summed E-state index contributed by atoms with van der Waals surface area (Å²) in [6.07, 6.45) is -0.541. The third kappa shape index (κ3) is 10.3. The normalized spacial score (nSPS) is 9.00. The van der Waals surface area contributed by atoms with E-state index in [1.54, 1.807) is 0 Å². The van der Waals surface area contributed by atoms with Gasteiger partial charge in [-0.05, 0) is 6.42 Å². The van der Waals surface area contributed by atoms with Gasteiger partial charge in [0.2, 0.25) is 0 Å². The number of hydrogen-bond donors (Lipinski definition) is 3. The molecule has 0 aliphatic rings. The summed E-state index contributed by atoms with van der Waals surface area (Å²) >= 11 is 0. The summed E-state index contributed by atoms with van der Waals surface area (Å²) in [4.78, 5) is 0. The molecule has 47 valence electrons. The molecule has 0 aromatic heterocycles. The van der Waals surface area contributed by atoms with Crippen molar-refractivity contribution >= 4 is 0 Å². The smallest absolute Gasteiger partial charge is 0.151 e. The summed E-state index contributed by atoms with van der Waals surface area (Å²) in [6.45, 7) is 0.0254. The molecule has 0 saturated heterocycles. The molecule has 8 heavy (non-hydrogen) atoms. The van der Waals surface area contributed by atoms with Crippen LogP contribution < -0.4 is 0 Å². The first-order chi connectivity index (χ1) is 3.27. The Hall–Kier alpha value is 1.32. The molecule has 0 rings (SSSR count). The van der Waals surface area contributed by atoms with Crippen LogP contribution in [0, 0.1) is 44.1 Å². The van der Waals surface area contributed by atoms with E-state index in [9.17, 15) is 0 Å². The fourth-order valence-electron chi connectivity index (χ4n) is 0.274. The van der Waals surface area contributed by atoms with Gasteiger partial charge in [0.1, 0.15) is 0 Å². The Bertz CT molecular complexity index is 40.3. The summed E-state index contributed by atoms with van der Waals surface area (Å²) in [5.41, 5.74) is 0. The Kier molecular flexibility index (Phi) is 12.5. The minimum Gasteiger partial charge on any atom is -0.396 e. The fourth-order valence-corrected chi connectivity index (χ4v) is 0.274. The molecule has 0 aliphatic carbocycles. The third-order valence-electron chi connectivity index (χ3n) is 0.620. The van der Waals surface area contributed by atoms with E-state index in [1.807, 2.05) is 0 Å². The van der Waals surface area contributed by atoms with E-state index in [1.165, 1.54) is 0 Å². The van der Waals surface area contributed by atoms with Crippen LogP contribution in [0.4, 0.5) is 0 Å². The molecule has 0 aromatic carbocycles. The molecule has 0 fully saturated rings. The van der Waals surface area contributed by atoms with E-state index in [2.05, 4.69) is 0 Å². The summed E-state index contributed by atoms with van der Waals surface area (Å²) in [6, 6.07) is 0. The largest absolute Gasteiger partial charge is 0.396 e. The van der Waals surface area contributed by atoms with E-state index in [0.29, 0.717) is 6.42 Å². The Labute approximate surface area is 84.3 Å². The SMILES string of the molecule is OCCCC(O)O.[Ac]. The van der Waals surface area contributed by atoms with Crippen LogP contribution in [0.5, 0.6) is 0 Å². The van der Waals surface area contributed by atoms with E-state index in [0.717, 1.165) is 0 Å². The maximum absolute atomic E-state index is 8.13. The van der Waals surface area contributed by atoms with E-state index < -0.39 is 6.29 Å². The van der Waals surface area contributed by atoms with Crippen LogP contribution in [0.1, 0.15) is 12.8 Å². The van der Waals surface area contributed by atoms with Crippen molar-refractivity contribution in [1.29, 1.82) is 0 Å². The predicted molar refractivity (Wildman–Crippen MR) is 24.5 cm³/mol. The first-order valence-electron chi connectivity index (χ1n) is 2.24. The van der Waals surface area contributed by atoms with Crippen molar-refractivity contribution < 1.29 is 59.4 Å². The van der Waals surface area contributed by atoms with Crippen LogP contribution in [0.15, 0.2) is 0 Å². The van der Waals surface area contributed by atoms with Gasteiger partial charge in [0.05, 0.1) is 0 Å². The molecule has 0 saturated carbocycles. The Morgan fingerprint density at radius 1 is 1.25 bits per heavy atom. The molecule has 0 atom stereocenters. The van der Waals surface area contributed by atoms with Gasteiger partial charge >= 0.3 is 0 Å². The van der Waals surface area contributed by atoms with Crippen molar-refractivity contribution in [2.24, 2.45) is 0 Å². The third-order valence-corrected chi connectivity index (χ3v) is 0.620. The second kappa shape index (κ2) is 8.32. The van der Waals surface area contributed by atoms with E-state index >= 15 is 0 Å². The second-order valence-corrected chi connectivity index (χ2v) is 1.35. The van der Waals surface area contributed by atoms with Crippen LogP contribution >= 0.6 is 0 Å². The minimum absolute atomic E-state index is 0. The monoisotopic (exact) mass is 333 g/mol. The quantitative estimate of drug-likeness (QED) is 0.585. The van der Waals surface area contributed by atoms with Crippen molar-refractivity contribution in [2.75, 3.05) is 6.61 Å². The van der Waals surface area contributed by atoms with Crippen molar-refractivity contribution in [2.45, 2.75) is 19.1 Å². The van der Waals surface area contributed by atoms with Gasteiger partial charge in [-0.25, -0.2) is 0 Å². The van der Waals surface area contributed by atoms with Crippen molar-refractivity contribution in [1.82, 2.24) is 0 Å². The number of rotatable bonds is 3. The number of aliphatic hydroxyl groups is 3. The van der Waals surface area contributed by atoms with Gasteiger partial charge in [-0.2, -0.15) is 0 Å². The molecule has 0 aromatic rings. The molecule has 3 nitrogen and oxygen atoms in total. The van der Waals surface area contributed by atoms with E-state index in [4.69, 9.17) is 15.3 Å². The summed E-state index contributed by atoms with van der Waals surface area (Å²) in [5, 5.41) is 24.3. The van der Waals surface area contributed by atoms with Crippen LogP contribution in [-0.4, -0.2) is 28.2 Å². The second-order valence-electron chi connectivity index (χ2n) is 1.35. The molecule has 4 heteroatoms. The molecule has 0 heterocycles. The number of aliphatic hydroxyl groups excluding tert-OH is 2. The summed E-state index contributed by atoms with van der Waals surface area (Å²) in [5.74, 6) is 0. The molecule has 3 N–H and O–H groups in total. The molecular weight excluding hydrogens is 323 g/mol. The molecule has 0 spiro atoms. The number of hydrogen-bond acceptors (Lipinski definition) is 3. The average Bonchev–Trinajstić information content (AvgIpc) is 1.61. The Balaban J connectivity index is 0. The van der Waals surface area contributed by atoms with Crippen molar-refractivity contribution in [3.63, 3.8) is 0 Å². The predicted octanol–water partition coefficient (Wildman–Crippen LogP) is -0.930. The zero-order chi connectivity index (χ0) is 5.70. The summed E-state index contributed by atoms with van der Waals surface area (Å²) < 4.78 is 0. The van der Waals surface area contributed by atoms with Crippen molar-refractivity contribution in [3.05, 3.63) is 0 Å².